The van der Waals surface area contributed by atoms with E-state index in [4.69, 9.17) is 42.1 Å². The Morgan fingerprint density at radius 3 is 2.09 bits per heavy atom. The molecule has 21 nitrogen and oxygen atoms in total. The molecule has 0 spiro atoms. The standard InChI is InChI=1S/C34H53N5O6.C32H48N4O6.C2H4Cl2/c1-10-14-28(44-9)23(7)31(40)37-30(22(5)6)33(42)35-24(8)34(43)39-18-13-17-27(38-39)32(41)36-29(21(3)4)25-15-12-16-26(20-25)45-19-11-2;1-19(2)25-18-27(37)21(5)28(41-7)14-10-16-42-24-12-8-11-23(17-24)29(20(3)4)34-31(39)26-13-9-15-36(35-26)32(40)22(6)33-30(25)38;3-1-2-4/h10-12,14-16,20-24,27-30,38H,2,13,17-19H2,1,3-9H3,(H,35,42)(H,36,41)(H,37,40);8,10-12,14,17,19-22,25-26,28-29,35H,9,13,15-16,18H2,1-7H3,(H,33,38)(H,34,39);1-2H2/b2*14-10+;/t23-,24+,27+,28?,29-,30+;21-,22-,25?,26-,28+,29+;/m10./s1. The van der Waals surface area contributed by atoms with Crippen molar-refractivity contribution in [3.05, 3.63) is 96.6 Å². The van der Waals surface area contributed by atoms with E-state index < -0.39 is 66.1 Å². The van der Waals surface area contributed by atoms with Gasteiger partial charge in [-0.25, -0.2) is 10.9 Å². The Bertz CT molecular complexity index is 2730. The Hall–Kier alpha value is -6.36. The van der Waals surface area contributed by atoms with Crippen LogP contribution in [0.1, 0.15) is 145 Å². The number of halogens is 2. The maximum absolute atomic E-state index is 13.4. The van der Waals surface area contributed by atoms with E-state index in [0.717, 1.165) is 11.1 Å². The number of Topliss-reactive ketones (excluding diaryl/α,β-unsaturated/α-hetero) is 1. The van der Waals surface area contributed by atoms with Gasteiger partial charge in [-0.2, -0.15) is 0 Å². The van der Waals surface area contributed by atoms with Crippen molar-refractivity contribution >= 4 is 70.3 Å². The quantitative estimate of drug-likeness (QED) is 0.0487. The maximum Gasteiger partial charge on any atom is 0.258 e. The number of hydrogen-bond donors (Lipinski definition) is 7. The summed E-state index contributed by atoms with van der Waals surface area (Å²) < 4.78 is 22.6. The van der Waals surface area contributed by atoms with Crippen LogP contribution in [0.3, 0.4) is 0 Å². The van der Waals surface area contributed by atoms with Gasteiger partial charge in [0.05, 0.1) is 30.2 Å². The van der Waals surface area contributed by atoms with Gasteiger partial charge in [0.2, 0.25) is 29.5 Å². The van der Waals surface area contributed by atoms with Crippen molar-refractivity contribution in [2.24, 2.45) is 41.4 Å². The summed E-state index contributed by atoms with van der Waals surface area (Å²) in [5.41, 5.74) is 7.98. The van der Waals surface area contributed by atoms with Gasteiger partial charge in [-0.05, 0) is 112 Å². The lowest BCUT2D eigenvalue weighted by molar-refractivity contribution is -0.144. The smallest absolute Gasteiger partial charge is 0.258 e. The Labute approximate surface area is 551 Å². The zero-order valence-electron chi connectivity index (χ0n) is 56.3. The van der Waals surface area contributed by atoms with Gasteiger partial charge in [-0.3, -0.25) is 48.4 Å². The van der Waals surface area contributed by atoms with Crippen LogP contribution in [0.25, 0.3) is 0 Å². The van der Waals surface area contributed by atoms with Gasteiger partial charge >= 0.3 is 0 Å². The minimum Gasteiger partial charge on any atom is -0.490 e. The van der Waals surface area contributed by atoms with E-state index in [9.17, 15) is 38.4 Å². The molecule has 91 heavy (non-hydrogen) atoms. The zero-order chi connectivity index (χ0) is 68.1. The molecule has 2 unspecified atom stereocenters. The molecule has 2 aromatic carbocycles. The normalized spacial score (nSPS) is 23.2. The van der Waals surface area contributed by atoms with Crippen molar-refractivity contribution in [2.45, 2.75) is 177 Å². The fourth-order valence-electron chi connectivity index (χ4n) is 10.6. The lowest BCUT2D eigenvalue weighted by Crippen LogP contribution is -2.62. The Kier molecular flexibility index (Phi) is 35.2. The lowest BCUT2D eigenvalue weighted by Gasteiger charge is -2.36. The van der Waals surface area contributed by atoms with E-state index in [1.807, 2.05) is 123 Å². The van der Waals surface area contributed by atoms with E-state index in [1.54, 1.807) is 53.0 Å². The number of nitrogens with one attached hydrogen (secondary N) is 7. The number of ketones is 1. The van der Waals surface area contributed by atoms with Gasteiger partial charge in [0.25, 0.3) is 11.8 Å². The molecule has 2 saturated heterocycles. The summed E-state index contributed by atoms with van der Waals surface area (Å²) >= 11 is 10.1. The molecule has 7 amide bonds. The molecule has 508 valence electrons. The second kappa shape index (κ2) is 40.6. The molecule has 5 rings (SSSR count). The van der Waals surface area contributed by atoms with Gasteiger partial charge in [0, 0.05) is 57.3 Å². The van der Waals surface area contributed by atoms with E-state index >= 15 is 0 Å². The van der Waals surface area contributed by atoms with Crippen LogP contribution in [0.5, 0.6) is 11.5 Å². The second-order valence-corrected chi connectivity index (χ2v) is 25.4. The average molecular weight is 1310 g/mol. The van der Waals surface area contributed by atoms with Crippen LogP contribution < -0.4 is 46.9 Å². The molecular weight excluding hydrogens is 1210 g/mol. The number of carbonyl (C=O) groups excluding carboxylic acids is 8. The van der Waals surface area contributed by atoms with Gasteiger partial charge in [0.1, 0.15) is 60.7 Å². The third-order valence-corrected chi connectivity index (χ3v) is 16.7. The average Bonchev–Trinajstić information content (AvgIpc) is 1.40. The lowest BCUT2D eigenvalue weighted by atomic mass is 9.85. The number of rotatable bonds is 20. The molecule has 0 radical (unpaired) electrons. The maximum atomic E-state index is 13.4. The molecule has 0 saturated carbocycles. The second-order valence-electron chi connectivity index (χ2n) is 24.7. The number of hydrazine groups is 2. The monoisotopic (exact) mass is 1310 g/mol. The third-order valence-electron chi connectivity index (χ3n) is 16.1. The Morgan fingerprint density at radius 1 is 0.802 bits per heavy atom. The predicted octanol–water partition coefficient (Wildman–Crippen LogP) is 8.23. The van der Waals surface area contributed by atoms with Crippen LogP contribution in [-0.4, -0.2) is 152 Å². The highest BCUT2D eigenvalue weighted by Gasteiger charge is 2.37. The molecular formula is C68H105Cl2N9O12. The highest BCUT2D eigenvalue weighted by Crippen LogP contribution is 2.29. The Morgan fingerprint density at radius 2 is 1.48 bits per heavy atom. The highest BCUT2D eigenvalue weighted by molar-refractivity contribution is 6.26. The van der Waals surface area contributed by atoms with Crippen molar-refractivity contribution in [3.63, 3.8) is 0 Å². The van der Waals surface area contributed by atoms with Gasteiger partial charge in [0.15, 0.2) is 0 Å². The number of fused-ring (bicyclic) bond motifs is 4. The molecule has 7 N–H and O–H groups in total. The first-order valence-corrected chi connectivity index (χ1v) is 33.0. The van der Waals surface area contributed by atoms with Crippen LogP contribution in [0, 0.1) is 41.4 Å². The zero-order valence-corrected chi connectivity index (χ0v) is 57.8. The van der Waals surface area contributed by atoms with Crippen molar-refractivity contribution in [3.8, 4) is 11.5 Å². The third kappa shape index (κ3) is 25.2. The van der Waals surface area contributed by atoms with Crippen LogP contribution in [0.4, 0.5) is 0 Å². The minimum atomic E-state index is -0.890. The molecule has 0 aliphatic carbocycles. The fraction of sp³-hybridized carbons (Fsp3) is 0.618. The van der Waals surface area contributed by atoms with Crippen molar-refractivity contribution in [1.29, 1.82) is 0 Å². The molecule has 3 heterocycles. The van der Waals surface area contributed by atoms with Crippen molar-refractivity contribution < 1.29 is 57.3 Å². The molecule has 2 fully saturated rings. The van der Waals surface area contributed by atoms with Gasteiger partial charge < -0.3 is 45.5 Å². The largest absolute Gasteiger partial charge is 0.490 e. The van der Waals surface area contributed by atoms with E-state index in [-0.39, 0.29) is 90.0 Å². The first-order valence-electron chi connectivity index (χ1n) is 31.9. The predicted molar refractivity (Wildman–Crippen MR) is 357 cm³/mol. The number of benzene rings is 2. The summed E-state index contributed by atoms with van der Waals surface area (Å²) in [5.74, 6) is -1.65. The van der Waals surface area contributed by atoms with E-state index in [1.165, 1.54) is 17.1 Å². The summed E-state index contributed by atoms with van der Waals surface area (Å²) in [6.45, 7) is 29.3. The molecule has 3 aliphatic rings. The van der Waals surface area contributed by atoms with Gasteiger partial charge in [-0.15, -0.1) is 23.2 Å². The number of hydrogen-bond acceptors (Lipinski definition) is 14. The van der Waals surface area contributed by atoms with Gasteiger partial charge in [-0.1, -0.05) is 124 Å². The Balaban J connectivity index is 0.000000449. The van der Waals surface area contributed by atoms with Crippen molar-refractivity contribution in [1.82, 2.24) is 47.5 Å². The first-order chi connectivity index (χ1) is 43.2. The number of carbonyl (C=O) groups is 8. The summed E-state index contributed by atoms with van der Waals surface area (Å²) in [7, 11) is 3.08. The molecule has 0 aromatic heterocycles. The van der Waals surface area contributed by atoms with E-state index in [2.05, 4.69) is 44.0 Å². The number of alkyl halides is 2. The first kappa shape index (κ1) is 78.9. The molecule has 4 bridgehead atoms. The molecule has 3 aliphatic heterocycles. The van der Waals surface area contributed by atoms with Crippen LogP contribution in [0.15, 0.2) is 85.5 Å². The summed E-state index contributed by atoms with van der Waals surface area (Å²) in [5, 5.41) is 17.5. The summed E-state index contributed by atoms with van der Waals surface area (Å²) in [6.07, 6.45) is 10.4. The van der Waals surface area contributed by atoms with Crippen LogP contribution in [-0.2, 0) is 47.8 Å². The number of amides is 7. The number of allylic oxidation sites excluding steroid dienone is 1. The number of nitrogens with zero attached hydrogens (tertiary/aromatic N) is 2. The molecule has 12 atom stereocenters. The highest BCUT2D eigenvalue weighted by atomic mass is 35.5. The van der Waals surface area contributed by atoms with E-state index in [0.29, 0.717) is 68.6 Å². The number of methoxy groups -OCH3 is 2. The minimum absolute atomic E-state index is 0.0315. The van der Waals surface area contributed by atoms with Crippen LogP contribution >= 0.6 is 23.2 Å². The fourth-order valence-corrected chi connectivity index (χ4v) is 10.6. The van der Waals surface area contributed by atoms with Crippen LogP contribution in [0.2, 0.25) is 0 Å². The molecule has 2 aromatic rings. The van der Waals surface area contributed by atoms with Crippen molar-refractivity contribution in [2.75, 3.05) is 52.3 Å². The summed E-state index contributed by atoms with van der Waals surface area (Å²) in [4.78, 5) is 106. The SMILES string of the molecule is C=CCOc1cccc([C@H](NC(=O)[C@@H]2CCCN(C(=O)[C@H](C)NC(=O)[C@@H](NC(=O)[C@H](C)C(/C=C/C)OC)C(C)C)N2)C(C)C)c1.CO[C@@H]1/C=C/COc2cccc(c2)[C@@H](C(C)C)NC(=O)[C@@H]2CCCN(N2)C(=O)[C@H](C)NC(=O)C(C(C)C)CC(=O)[C@@H]1C.ClCCCl. The molecule has 23 heteroatoms. The number of ether oxygens (including phenoxy) is 4. The topological polar surface area (TPSA) is 264 Å². The summed E-state index contributed by atoms with van der Waals surface area (Å²) in [6, 6.07) is 10.9.